The van der Waals surface area contributed by atoms with Gasteiger partial charge in [0.25, 0.3) is 5.91 Å². The lowest BCUT2D eigenvalue weighted by atomic mass is 10.0. The number of aliphatic carboxylic acids is 1. The Kier molecular flexibility index (Phi) is 4.91. The van der Waals surface area contributed by atoms with Gasteiger partial charge in [-0.2, -0.15) is 0 Å². The van der Waals surface area contributed by atoms with E-state index in [9.17, 15) is 24.3 Å². The fourth-order valence-electron chi connectivity index (χ4n) is 3.85. The van der Waals surface area contributed by atoms with Crippen molar-refractivity contribution in [2.45, 2.75) is 43.4 Å². The van der Waals surface area contributed by atoms with E-state index in [0.29, 0.717) is 0 Å². The van der Waals surface area contributed by atoms with Crippen LogP contribution in [0, 0.1) is 5.92 Å². The van der Waals surface area contributed by atoms with Gasteiger partial charge >= 0.3 is 5.97 Å². The fourth-order valence-corrected chi connectivity index (χ4v) is 6.02. The third kappa shape index (κ3) is 3.10. The van der Waals surface area contributed by atoms with Gasteiger partial charge < -0.3 is 10.4 Å². The van der Waals surface area contributed by atoms with Crippen molar-refractivity contribution in [1.29, 1.82) is 0 Å². The number of thioether (sulfide) groups is 2. The molecule has 0 aromatic heterocycles. The maximum absolute atomic E-state index is 12.7. The normalized spacial score (nSPS) is 26.1. The fraction of sp³-hybridized carbons (Fsp3) is 0.474. The summed E-state index contributed by atoms with van der Waals surface area (Å²) in [6.07, 6.45) is 5.64. The third-order valence-electron chi connectivity index (χ3n) is 5.19. The summed E-state index contributed by atoms with van der Waals surface area (Å²) in [5.41, 5.74) is 2.16. The van der Waals surface area contributed by atoms with Crippen LogP contribution in [0.25, 0.3) is 0 Å². The third-order valence-corrected chi connectivity index (χ3v) is 7.40. The largest absolute Gasteiger partial charge is 0.477 e. The van der Waals surface area contributed by atoms with Gasteiger partial charge in [0.1, 0.15) is 17.1 Å². The van der Waals surface area contributed by atoms with E-state index in [-0.39, 0.29) is 39.2 Å². The molecule has 2 amide bonds. The number of β-lactam (4-membered cyclic amide) rings is 1. The number of amides is 2. The molecule has 2 aliphatic heterocycles. The Balaban J connectivity index is 1.47. The van der Waals surface area contributed by atoms with Crippen molar-refractivity contribution in [3.8, 4) is 0 Å². The smallest absolute Gasteiger partial charge is 0.353 e. The molecule has 148 valence electrons. The van der Waals surface area contributed by atoms with Crippen LogP contribution in [0.15, 0.2) is 34.6 Å². The molecule has 0 radical (unpaired) electrons. The van der Waals surface area contributed by atoms with Crippen molar-refractivity contribution >= 4 is 46.4 Å². The van der Waals surface area contributed by atoms with Crippen LogP contribution in [0.5, 0.6) is 0 Å². The number of carboxylic acids is 1. The Morgan fingerprint density at radius 1 is 1.25 bits per heavy atom. The summed E-state index contributed by atoms with van der Waals surface area (Å²) in [4.78, 5) is 50.6. The van der Waals surface area contributed by atoms with E-state index in [4.69, 9.17) is 0 Å². The quantitative estimate of drug-likeness (QED) is 0.515. The van der Waals surface area contributed by atoms with E-state index < -0.39 is 23.3 Å². The van der Waals surface area contributed by atoms with E-state index >= 15 is 0 Å². The molecular formula is C19H20N2O5S2. The summed E-state index contributed by atoms with van der Waals surface area (Å²) in [7, 11) is 0. The molecule has 0 saturated carbocycles. The molecule has 4 rings (SSSR count). The van der Waals surface area contributed by atoms with E-state index in [1.165, 1.54) is 11.8 Å². The van der Waals surface area contributed by atoms with Crippen LogP contribution in [-0.2, 0) is 19.2 Å². The minimum atomic E-state index is -1.29. The summed E-state index contributed by atoms with van der Waals surface area (Å²) < 4.78 is 0. The molecule has 2 aliphatic carbocycles. The molecule has 7 nitrogen and oxygen atoms in total. The molecule has 2 atom stereocenters. The first-order chi connectivity index (χ1) is 13.3. The number of fused-ring (bicyclic) bond motifs is 1. The zero-order valence-electron chi connectivity index (χ0n) is 15.4. The molecular weight excluding hydrogens is 400 g/mol. The average molecular weight is 421 g/mol. The molecule has 1 unspecified atom stereocenters. The van der Waals surface area contributed by atoms with Gasteiger partial charge in [-0.3, -0.25) is 19.3 Å². The van der Waals surface area contributed by atoms with Gasteiger partial charge in [-0.15, -0.1) is 11.8 Å². The molecule has 1 fully saturated rings. The standard InChI is InChI=1S/C19H20N2O5S2/c1-8(2)28-19(26)11-7-27-17-13(16(23)21(17)14(11)18(24)25)20-15(22)12-9-5-3-4-6-10(9)12/h3-4,8,12-13,17H,5-7H2,1-2H3,(H,20,22)(H,24,25)/t13?,17-/m0/s1. The Bertz CT molecular complexity index is 871. The van der Waals surface area contributed by atoms with Gasteiger partial charge in [0.2, 0.25) is 11.0 Å². The van der Waals surface area contributed by atoms with Crippen molar-refractivity contribution in [1.82, 2.24) is 10.2 Å². The monoisotopic (exact) mass is 420 g/mol. The Hall–Kier alpha value is -2.00. The topological polar surface area (TPSA) is 104 Å². The number of hydrogen-bond donors (Lipinski definition) is 2. The number of rotatable bonds is 5. The number of carbonyl (C=O) groups is 4. The lowest BCUT2D eigenvalue weighted by Crippen LogP contribution is -2.70. The van der Waals surface area contributed by atoms with Crippen LogP contribution >= 0.6 is 23.5 Å². The van der Waals surface area contributed by atoms with Crippen LogP contribution in [0.1, 0.15) is 26.7 Å². The minimum Gasteiger partial charge on any atom is -0.477 e. The zero-order valence-corrected chi connectivity index (χ0v) is 17.1. The first kappa shape index (κ1) is 19.3. The number of nitrogens with zero attached hydrogens (tertiary/aromatic N) is 1. The van der Waals surface area contributed by atoms with Gasteiger partial charge in [0, 0.05) is 16.6 Å². The second-order valence-electron chi connectivity index (χ2n) is 7.35. The molecule has 0 aromatic carbocycles. The van der Waals surface area contributed by atoms with E-state index in [1.54, 1.807) is 0 Å². The lowest BCUT2D eigenvalue weighted by molar-refractivity contribution is -0.150. The van der Waals surface area contributed by atoms with Gasteiger partial charge in [0.05, 0.1) is 5.92 Å². The molecule has 2 heterocycles. The van der Waals surface area contributed by atoms with E-state index in [0.717, 1.165) is 40.6 Å². The molecule has 1 saturated heterocycles. The maximum atomic E-state index is 12.7. The van der Waals surface area contributed by atoms with Gasteiger partial charge in [-0.25, -0.2) is 4.79 Å². The maximum Gasteiger partial charge on any atom is 0.353 e. The molecule has 0 bridgehead atoms. The number of hydrogen-bond acceptors (Lipinski definition) is 6. The zero-order chi connectivity index (χ0) is 20.2. The van der Waals surface area contributed by atoms with Crippen molar-refractivity contribution in [3.63, 3.8) is 0 Å². The number of allylic oxidation sites excluding steroid dienone is 2. The predicted octanol–water partition coefficient (Wildman–Crippen LogP) is 1.67. The molecule has 2 N–H and O–H groups in total. The number of carbonyl (C=O) groups excluding carboxylic acids is 3. The van der Waals surface area contributed by atoms with Crippen molar-refractivity contribution in [3.05, 3.63) is 34.6 Å². The van der Waals surface area contributed by atoms with E-state index in [1.807, 2.05) is 26.0 Å². The summed E-state index contributed by atoms with van der Waals surface area (Å²) in [6.45, 7) is 3.70. The summed E-state index contributed by atoms with van der Waals surface area (Å²) in [6, 6.07) is -0.752. The highest BCUT2D eigenvalue weighted by Gasteiger charge is 2.56. The molecule has 9 heteroatoms. The number of carboxylic acid groups (broad SMARTS) is 1. The van der Waals surface area contributed by atoms with Gasteiger partial charge in [0.15, 0.2) is 0 Å². The first-order valence-electron chi connectivity index (χ1n) is 9.10. The molecule has 0 aromatic rings. The minimum absolute atomic E-state index is 0.0171. The highest BCUT2D eigenvalue weighted by atomic mass is 32.2. The summed E-state index contributed by atoms with van der Waals surface area (Å²) in [5, 5.41) is 11.6. The predicted molar refractivity (Wildman–Crippen MR) is 106 cm³/mol. The SMILES string of the molecule is CC(C)SC(=O)C1=C(C(=O)O)N2C(=O)C(NC(=O)C3C4=C3CC=CC4)[C@@H]2SC1. The Morgan fingerprint density at radius 2 is 1.89 bits per heavy atom. The average Bonchev–Trinajstić information content (AvgIpc) is 3.38. The summed E-state index contributed by atoms with van der Waals surface area (Å²) >= 11 is 2.37. The second-order valence-corrected chi connectivity index (χ2v) is 10.00. The van der Waals surface area contributed by atoms with E-state index in [2.05, 4.69) is 5.32 Å². The molecule has 0 spiro atoms. The van der Waals surface area contributed by atoms with Gasteiger partial charge in [-0.1, -0.05) is 37.8 Å². The van der Waals surface area contributed by atoms with Crippen LogP contribution in [0.2, 0.25) is 0 Å². The van der Waals surface area contributed by atoms with Gasteiger partial charge in [-0.05, 0) is 24.0 Å². The Labute approximate surface area is 170 Å². The first-order valence-corrected chi connectivity index (χ1v) is 11.0. The van der Waals surface area contributed by atoms with Crippen LogP contribution in [-0.4, -0.2) is 55.3 Å². The number of nitrogens with one attached hydrogen (secondary N) is 1. The Morgan fingerprint density at radius 3 is 2.46 bits per heavy atom. The summed E-state index contributed by atoms with van der Waals surface area (Å²) in [5.74, 6) is -1.96. The molecule has 28 heavy (non-hydrogen) atoms. The van der Waals surface area contributed by atoms with Crippen molar-refractivity contribution in [2.24, 2.45) is 5.92 Å². The van der Waals surface area contributed by atoms with Crippen LogP contribution < -0.4 is 5.32 Å². The van der Waals surface area contributed by atoms with Crippen molar-refractivity contribution < 1.29 is 24.3 Å². The van der Waals surface area contributed by atoms with Crippen LogP contribution in [0.3, 0.4) is 0 Å². The molecule has 4 aliphatic rings. The lowest BCUT2D eigenvalue weighted by Gasteiger charge is -2.49. The second kappa shape index (κ2) is 7.11. The highest BCUT2D eigenvalue weighted by molar-refractivity contribution is 8.14. The van der Waals surface area contributed by atoms with Crippen molar-refractivity contribution in [2.75, 3.05) is 5.75 Å². The van der Waals surface area contributed by atoms with Crippen LogP contribution in [0.4, 0.5) is 0 Å². The highest BCUT2D eigenvalue weighted by Crippen LogP contribution is 2.48.